The van der Waals surface area contributed by atoms with E-state index in [1.165, 1.54) is 24.8 Å². The molecule has 1 fully saturated rings. The molecule has 0 aliphatic heterocycles. The van der Waals surface area contributed by atoms with Crippen LogP contribution < -0.4 is 5.32 Å². The smallest absolute Gasteiger partial charge is 0.309 e. The van der Waals surface area contributed by atoms with Gasteiger partial charge in [-0.15, -0.1) is 0 Å². The second kappa shape index (κ2) is 6.29. The normalized spacial score (nSPS) is 15.3. The predicted molar refractivity (Wildman–Crippen MR) is 81.4 cm³/mol. The Morgan fingerprint density at radius 3 is 2.33 bits per heavy atom. The summed E-state index contributed by atoms with van der Waals surface area (Å²) in [6.45, 7) is 3.69. The van der Waals surface area contributed by atoms with E-state index in [2.05, 4.69) is 5.32 Å². The van der Waals surface area contributed by atoms with Crippen LogP contribution in [-0.2, 0) is 4.79 Å². The van der Waals surface area contributed by atoms with Crippen molar-refractivity contribution >= 4 is 11.9 Å². The van der Waals surface area contributed by atoms with Crippen molar-refractivity contribution in [3.05, 3.63) is 35.4 Å². The Kier molecular flexibility index (Phi) is 4.66. The Balaban J connectivity index is 1.84. The molecule has 1 aliphatic carbocycles. The van der Waals surface area contributed by atoms with E-state index in [4.69, 9.17) is 5.11 Å². The number of benzene rings is 1. The monoisotopic (exact) mass is 289 g/mol. The summed E-state index contributed by atoms with van der Waals surface area (Å²) in [5, 5.41) is 11.8. The number of carbonyl (C=O) groups excluding carboxylic acids is 1. The lowest BCUT2D eigenvalue weighted by Gasteiger charge is -2.25. The Bertz CT molecular complexity index is 515. The summed E-state index contributed by atoms with van der Waals surface area (Å²) in [5.41, 5.74) is 1.12. The van der Waals surface area contributed by atoms with Gasteiger partial charge < -0.3 is 10.4 Å². The Morgan fingerprint density at radius 1 is 1.24 bits per heavy atom. The molecule has 0 bridgehead atoms. The molecule has 1 aromatic rings. The van der Waals surface area contributed by atoms with Crippen molar-refractivity contribution < 1.29 is 14.7 Å². The predicted octanol–water partition coefficient (Wildman–Crippen LogP) is 3.18. The van der Waals surface area contributed by atoms with Gasteiger partial charge >= 0.3 is 5.97 Å². The molecule has 0 aromatic heterocycles. The van der Waals surface area contributed by atoms with Gasteiger partial charge in [-0.1, -0.05) is 18.6 Å². The third-order valence-corrected chi connectivity index (χ3v) is 4.36. The number of hydrogen-bond acceptors (Lipinski definition) is 2. The summed E-state index contributed by atoms with van der Waals surface area (Å²) in [5.74, 6) is -0.323. The van der Waals surface area contributed by atoms with Crippen LogP contribution in [0.1, 0.15) is 61.4 Å². The van der Waals surface area contributed by atoms with Crippen LogP contribution in [0.5, 0.6) is 0 Å². The highest BCUT2D eigenvalue weighted by molar-refractivity contribution is 5.94. The van der Waals surface area contributed by atoms with Gasteiger partial charge in [0.25, 0.3) is 5.91 Å². The molecule has 2 N–H and O–H groups in total. The van der Waals surface area contributed by atoms with Crippen LogP contribution in [0, 0.1) is 5.41 Å². The number of carboxylic acid groups (broad SMARTS) is 1. The van der Waals surface area contributed by atoms with Gasteiger partial charge in [-0.3, -0.25) is 9.59 Å². The fraction of sp³-hybridized carbons (Fsp3) is 0.529. The lowest BCUT2D eigenvalue weighted by atomic mass is 9.80. The van der Waals surface area contributed by atoms with E-state index in [1.807, 2.05) is 24.3 Å². The van der Waals surface area contributed by atoms with Gasteiger partial charge in [-0.25, -0.2) is 0 Å². The highest BCUT2D eigenvalue weighted by atomic mass is 16.4. The van der Waals surface area contributed by atoms with Gasteiger partial charge in [0, 0.05) is 12.1 Å². The van der Waals surface area contributed by atoms with Gasteiger partial charge in [-0.2, -0.15) is 0 Å². The van der Waals surface area contributed by atoms with Crippen molar-refractivity contribution in [1.82, 2.24) is 5.32 Å². The Hall–Kier alpha value is -1.84. The number of hydrogen-bond donors (Lipinski definition) is 2. The van der Waals surface area contributed by atoms with Crippen LogP contribution in [0.2, 0.25) is 0 Å². The van der Waals surface area contributed by atoms with Gasteiger partial charge in [-0.05, 0) is 56.7 Å². The Morgan fingerprint density at radius 2 is 1.86 bits per heavy atom. The lowest BCUT2D eigenvalue weighted by molar-refractivity contribution is -0.147. The van der Waals surface area contributed by atoms with Crippen molar-refractivity contribution in [3.63, 3.8) is 0 Å². The van der Waals surface area contributed by atoms with E-state index in [0.29, 0.717) is 24.4 Å². The second-order valence-corrected chi connectivity index (χ2v) is 6.44. The molecule has 21 heavy (non-hydrogen) atoms. The molecular weight excluding hydrogens is 266 g/mol. The van der Waals surface area contributed by atoms with Gasteiger partial charge in [0.1, 0.15) is 0 Å². The summed E-state index contributed by atoms with van der Waals surface area (Å²) >= 11 is 0. The van der Waals surface area contributed by atoms with Crippen LogP contribution in [0.3, 0.4) is 0 Å². The van der Waals surface area contributed by atoms with Crippen molar-refractivity contribution in [2.75, 3.05) is 6.54 Å². The standard InChI is InChI=1S/C17H23NO3/c1-17(2,16(20)21)10-11-18-15(19)14-8-6-13(7-9-14)12-4-3-5-12/h6-9,12H,3-5,10-11H2,1-2H3,(H,18,19)(H,20,21). The molecule has 0 spiro atoms. The minimum atomic E-state index is -0.846. The van der Waals surface area contributed by atoms with E-state index >= 15 is 0 Å². The molecule has 0 saturated heterocycles. The zero-order valence-corrected chi connectivity index (χ0v) is 12.7. The molecule has 2 rings (SSSR count). The molecule has 114 valence electrons. The maximum Gasteiger partial charge on any atom is 0.309 e. The number of rotatable bonds is 6. The summed E-state index contributed by atoms with van der Waals surface area (Å²) in [6, 6.07) is 7.76. The van der Waals surface area contributed by atoms with Crippen molar-refractivity contribution in [2.24, 2.45) is 5.41 Å². The molecule has 0 atom stereocenters. The fourth-order valence-electron chi connectivity index (χ4n) is 2.35. The van der Waals surface area contributed by atoms with Crippen LogP contribution in [0.15, 0.2) is 24.3 Å². The van der Waals surface area contributed by atoms with Gasteiger partial charge in [0.05, 0.1) is 5.41 Å². The SMILES string of the molecule is CC(C)(CCNC(=O)c1ccc(C2CCC2)cc1)C(=O)O. The molecule has 1 aliphatic rings. The van der Waals surface area contributed by atoms with Crippen molar-refractivity contribution in [2.45, 2.75) is 45.4 Å². The quantitative estimate of drug-likeness (QED) is 0.845. The van der Waals surface area contributed by atoms with E-state index in [0.717, 1.165) is 0 Å². The number of nitrogens with one attached hydrogen (secondary N) is 1. The van der Waals surface area contributed by atoms with Gasteiger partial charge in [0.15, 0.2) is 0 Å². The van der Waals surface area contributed by atoms with E-state index < -0.39 is 11.4 Å². The zero-order chi connectivity index (χ0) is 15.5. The summed E-state index contributed by atoms with van der Waals surface area (Å²) in [6.07, 6.45) is 4.20. The Labute approximate surface area is 125 Å². The average Bonchev–Trinajstić information content (AvgIpc) is 2.37. The number of amides is 1. The van der Waals surface area contributed by atoms with Crippen LogP contribution in [-0.4, -0.2) is 23.5 Å². The maximum atomic E-state index is 12.0. The van der Waals surface area contributed by atoms with Crippen molar-refractivity contribution in [1.29, 1.82) is 0 Å². The topological polar surface area (TPSA) is 66.4 Å². The first-order chi connectivity index (χ1) is 9.90. The third kappa shape index (κ3) is 3.84. The molecule has 1 saturated carbocycles. The third-order valence-electron chi connectivity index (χ3n) is 4.36. The van der Waals surface area contributed by atoms with E-state index in [9.17, 15) is 9.59 Å². The average molecular weight is 289 g/mol. The lowest BCUT2D eigenvalue weighted by Crippen LogP contribution is -2.31. The van der Waals surface area contributed by atoms with Crippen LogP contribution in [0.25, 0.3) is 0 Å². The highest BCUT2D eigenvalue weighted by Gasteiger charge is 2.26. The van der Waals surface area contributed by atoms with Crippen molar-refractivity contribution in [3.8, 4) is 0 Å². The maximum absolute atomic E-state index is 12.0. The van der Waals surface area contributed by atoms with E-state index in [1.54, 1.807) is 13.8 Å². The molecule has 0 heterocycles. The minimum Gasteiger partial charge on any atom is -0.481 e. The number of aliphatic carboxylic acids is 1. The minimum absolute atomic E-state index is 0.142. The molecule has 0 radical (unpaired) electrons. The second-order valence-electron chi connectivity index (χ2n) is 6.44. The molecule has 0 unspecified atom stereocenters. The first-order valence-corrected chi connectivity index (χ1v) is 7.52. The summed E-state index contributed by atoms with van der Waals surface area (Å²) in [7, 11) is 0. The largest absolute Gasteiger partial charge is 0.481 e. The van der Waals surface area contributed by atoms with Gasteiger partial charge in [0.2, 0.25) is 0 Å². The molecule has 4 heteroatoms. The first kappa shape index (κ1) is 15.5. The van der Waals surface area contributed by atoms with Crippen LogP contribution >= 0.6 is 0 Å². The highest BCUT2D eigenvalue weighted by Crippen LogP contribution is 2.36. The number of carbonyl (C=O) groups is 2. The summed E-state index contributed by atoms with van der Waals surface area (Å²) in [4.78, 5) is 23.0. The molecule has 4 nitrogen and oxygen atoms in total. The fourth-order valence-corrected chi connectivity index (χ4v) is 2.35. The zero-order valence-electron chi connectivity index (χ0n) is 12.7. The van der Waals surface area contributed by atoms with E-state index in [-0.39, 0.29) is 5.91 Å². The molecule has 1 amide bonds. The first-order valence-electron chi connectivity index (χ1n) is 7.52. The number of carboxylic acids is 1. The molecular formula is C17H23NO3. The van der Waals surface area contributed by atoms with Crippen LogP contribution in [0.4, 0.5) is 0 Å². The molecule has 1 aromatic carbocycles. The summed E-state index contributed by atoms with van der Waals surface area (Å²) < 4.78 is 0.